The number of hydrogen-bond donors (Lipinski definition) is 2. The summed E-state index contributed by atoms with van der Waals surface area (Å²) in [6, 6.07) is 5.23. The van der Waals surface area contributed by atoms with Gasteiger partial charge in [0.15, 0.2) is 0 Å². The van der Waals surface area contributed by atoms with Crippen LogP contribution in [0.15, 0.2) is 39.1 Å². The Labute approximate surface area is 137 Å². The summed E-state index contributed by atoms with van der Waals surface area (Å²) in [5, 5.41) is 5.82. The first-order chi connectivity index (χ1) is 10.0. The van der Waals surface area contributed by atoms with Crippen LogP contribution in [0.4, 0.5) is 0 Å². The molecule has 0 unspecified atom stereocenters. The number of hydrogen-bond acceptors (Lipinski definition) is 5. The van der Waals surface area contributed by atoms with E-state index in [1.165, 1.54) is 11.3 Å². The third-order valence-electron chi connectivity index (χ3n) is 2.78. The van der Waals surface area contributed by atoms with Crippen molar-refractivity contribution in [1.29, 1.82) is 0 Å². The van der Waals surface area contributed by atoms with E-state index in [0.29, 0.717) is 24.0 Å². The molecule has 1 heterocycles. The van der Waals surface area contributed by atoms with Crippen LogP contribution in [0.1, 0.15) is 10.6 Å². The monoisotopic (exact) mass is 389 g/mol. The van der Waals surface area contributed by atoms with Crippen LogP contribution in [-0.4, -0.2) is 27.0 Å². The van der Waals surface area contributed by atoms with E-state index in [2.05, 4.69) is 31.0 Å². The van der Waals surface area contributed by atoms with Crippen molar-refractivity contribution in [2.45, 2.75) is 17.9 Å². The van der Waals surface area contributed by atoms with Crippen molar-refractivity contribution >= 4 is 37.3 Å². The Kier molecular flexibility index (Phi) is 5.88. The molecule has 0 bridgehead atoms. The number of thiazole rings is 1. The SMILES string of the molecule is CNCc1ccc(S(=O)(=O)NCCc2nccs2)c(Br)c1. The largest absolute Gasteiger partial charge is 0.316 e. The second-order valence-electron chi connectivity index (χ2n) is 4.37. The second kappa shape index (κ2) is 7.46. The molecule has 0 fully saturated rings. The van der Waals surface area contributed by atoms with Crippen LogP contribution in [0.2, 0.25) is 0 Å². The number of aromatic nitrogens is 1. The van der Waals surface area contributed by atoms with E-state index in [4.69, 9.17) is 0 Å². The molecule has 2 aromatic rings. The van der Waals surface area contributed by atoms with Crippen molar-refractivity contribution in [3.63, 3.8) is 0 Å². The molecule has 2 N–H and O–H groups in total. The summed E-state index contributed by atoms with van der Waals surface area (Å²) in [5.41, 5.74) is 1.02. The van der Waals surface area contributed by atoms with Gasteiger partial charge in [-0.15, -0.1) is 11.3 Å². The summed E-state index contributed by atoms with van der Waals surface area (Å²) >= 11 is 4.84. The maximum absolute atomic E-state index is 12.3. The fraction of sp³-hybridized carbons (Fsp3) is 0.308. The van der Waals surface area contributed by atoms with Crippen LogP contribution < -0.4 is 10.0 Å². The van der Waals surface area contributed by atoms with Gasteiger partial charge in [0, 0.05) is 35.6 Å². The molecule has 8 heteroatoms. The lowest BCUT2D eigenvalue weighted by Gasteiger charge is -2.09. The van der Waals surface area contributed by atoms with Gasteiger partial charge in [-0.1, -0.05) is 6.07 Å². The fourth-order valence-electron chi connectivity index (χ4n) is 1.82. The van der Waals surface area contributed by atoms with Crippen molar-refractivity contribution in [3.05, 3.63) is 44.8 Å². The van der Waals surface area contributed by atoms with Crippen molar-refractivity contribution in [3.8, 4) is 0 Å². The molecule has 1 aromatic heterocycles. The van der Waals surface area contributed by atoms with Crippen molar-refractivity contribution < 1.29 is 8.42 Å². The molecular weight excluding hydrogens is 374 g/mol. The third-order valence-corrected chi connectivity index (χ3v) is 6.06. The Balaban J connectivity index is 2.04. The molecule has 0 amide bonds. The Morgan fingerprint density at radius 2 is 2.19 bits per heavy atom. The van der Waals surface area contributed by atoms with Crippen molar-refractivity contribution in [1.82, 2.24) is 15.0 Å². The van der Waals surface area contributed by atoms with Crippen molar-refractivity contribution in [2.24, 2.45) is 0 Å². The normalized spacial score (nSPS) is 11.7. The lowest BCUT2D eigenvalue weighted by atomic mass is 10.2. The van der Waals surface area contributed by atoms with Gasteiger partial charge in [-0.05, 0) is 40.7 Å². The maximum Gasteiger partial charge on any atom is 0.241 e. The zero-order chi connectivity index (χ0) is 15.3. The molecule has 0 aliphatic carbocycles. The Hall–Kier alpha value is -0.800. The molecule has 21 heavy (non-hydrogen) atoms. The molecule has 0 aliphatic heterocycles. The predicted molar refractivity (Wildman–Crippen MR) is 87.9 cm³/mol. The average molecular weight is 390 g/mol. The van der Waals surface area contributed by atoms with Gasteiger partial charge in [0.1, 0.15) is 0 Å². The predicted octanol–water partition coefficient (Wildman–Crippen LogP) is 2.15. The summed E-state index contributed by atoms with van der Waals surface area (Å²) in [7, 11) is -1.67. The minimum Gasteiger partial charge on any atom is -0.316 e. The number of nitrogens with zero attached hydrogens (tertiary/aromatic N) is 1. The van der Waals surface area contributed by atoms with Gasteiger partial charge in [-0.3, -0.25) is 0 Å². The topological polar surface area (TPSA) is 71.1 Å². The molecule has 2 rings (SSSR count). The quantitative estimate of drug-likeness (QED) is 0.760. The molecule has 5 nitrogen and oxygen atoms in total. The number of nitrogens with one attached hydrogen (secondary N) is 2. The van der Waals surface area contributed by atoms with Crippen LogP contribution >= 0.6 is 27.3 Å². The maximum atomic E-state index is 12.3. The number of rotatable bonds is 7. The second-order valence-corrected chi connectivity index (χ2v) is 7.94. The van der Waals surface area contributed by atoms with Crippen LogP contribution in [0.3, 0.4) is 0 Å². The summed E-state index contributed by atoms with van der Waals surface area (Å²) in [5.74, 6) is 0. The Morgan fingerprint density at radius 1 is 1.38 bits per heavy atom. The highest BCUT2D eigenvalue weighted by Crippen LogP contribution is 2.23. The van der Waals surface area contributed by atoms with E-state index in [9.17, 15) is 8.42 Å². The highest BCUT2D eigenvalue weighted by molar-refractivity contribution is 9.10. The van der Waals surface area contributed by atoms with Gasteiger partial charge in [-0.25, -0.2) is 18.1 Å². The van der Waals surface area contributed by atoms with E-state index >= 15 is 0 Å². The van der Waals surface area contributed by atoms with E-state index < -0.39 is 10.0 Å². The van der Waals surface area contributed by atoms with Gasteiger partial charge in [0.2, 0.25) is 10.0 Å². The number of sulfonamides is 1. The minimum atomic E-state index is -3.52. The van der Waals surface area contributed by atoms with Gasteiger partial charge < -0.3 is 5.32 Å². The molecule has 0 atom stereocenters. The smallest absolute Gasteiger partial charge is 0.241 e. The first-order valence-electron chi connectivity index (χ1n) is 6.34. The molecular formula is C13H16BrN3O2S2. The molecule has 114 valence electrons. The van der Waals surface area contributed by atoms with Gasteiger partial charge in [-0.2, -0.15) is 0 Å². The van der Waals surface area contributed by atoms with Crippen LogP contribution in [-0.2, 0) is 23.0 Å². The summed E-state index contributed by atoms with van der Waals surface area (Å²) in [6.07, 6.45) is 2.30. The highest BCUT2D eigenvalue weighted by Gasteiger charge is 2.17. The standard InChI is InChI=1S/C13H16BrN3O2S2/c1-15-9-10-2-3-12(11(14)8-10)21(18,19)17-5-4-13-16-6-7-20-13/h2-3,6-8,15,17H,4-5,9H2,1H3. The molecule has 0 spiro atoms. The average Bonchev–Trinajstić information content (AvgIpc) is 2.92. The minimum absolute atomic E-state index is 0.251. The van der Waals surface area contributed by atoms with Gasteiger partial charge >= 0.3 is 0 Å². The van der Waals surface area contributed by atoms with E-state index in [-0.39, 0.29) is 4.90 Å². The van der Waals surface area contributed by atoms with Gasteiger partial charge in [0.05, 0.1) is 9.90 Å². The van der Waals surface area contributed by atoms with E-state index in [0.717, 1.165) is 10.6 Å². The Bertz CT molecular complexity index is 687. The first-order valence-corrected chi connectivity index (χ1v) is 9.49. The zero-order valence-electron chi connectivity index (χ0n) is 11.5. The molecule has 1 aromatic carbocycles. The molecule has 0 aliphatic rings. The lowest BCUT2D eigenvalue weighted by molar-refractivity contribution is 0.581. The van der Waals surface area contributed by atoms with Crippen LogP contribution in [0.5, 0.6) is 0 Å². The molecule has 0 saturated carbocycles. The fourth-order valence-corrected chi connectivity index (χ4v) is 4.60. The highest BCUT2D eigenvalue weighted by atomic mass is 79.9. The van der Waals surface area contributed by atoms with E-state index in [1.807, 2.05) is 18.5 Å². The van der Waals surface area contributed by atoms with Gasteiger partial charge in [0.25, 0.3) is 0 Å². The number of benzene rings is 1. The summed E-state index contributed by atoms with van der Waals surface area (Å²) in [6.45, 7) is 1.02. The van der Waals surface area contributed by atoms with Crippen LogP contribution in [0.25, 0.3) is 0 Å². The summed E-state index contributed by atoms with van der Waals surface area (Å²) < 4.78 is 27.7. The molecule has 0 saturated heterocycles. The van der Waals surface area contributed by atoms with E-state index in [1.54, 1.807) is 18.3 Å². The Morgan fingerprint density at radius 3 is 2.81 bits per heavy atom. The first kappa shape index (κ1) is 16.6. The third kappa shape index (κ3) is 4.58. The number of halogens is 1. The van der Waals surface area contributed by atoms with Crippen LogP contribution in [0, 0.1) is 0 Å². The summed E-state index contributed by atoms with van der Waals surface area (Å²) in [4.78, 5) is 4.38. The lowest BCUT2D eigenvalue weighted by Crippen LogP contribution is -2.26. The van der Waals surface area contributed by atoms with Crippen molar-refractivity contribution in [2.75, 3.05) is 13.6 Å². The molecule has 0 radical (unpaired) electrons. The zero-order valence-corrected chi connectivity index (χ0v) is 14.7.